The number of thiocarbonyl (C=S) groups is 1. The summed E-state index contributed by atoms with van der Waals surface area (Å²) < 4.78 is 7.96. The minimum absolute atomic E-state index is 0.0527. The molecule has 0 aromatic carbocycles. The molecule has 30 heavy (non-hydrogen) atoms. The van der Waals surface area contributed by atoms with Gasteiger partial charge in [-0.05, 0) is 74.8 Å². The highest BCUT2D eigenvalue weighted by Gasteiger charge is 2.44. The molecule has 1 aliphatic carbocycles. The van der Waals surface area contributed by atoms with Crippen LogP contribution in [0.3, 0.4) is 0 Å². The van der Waals surface area contributed by atoms with Gasteiger partial charge in [-0.15, -0.1) is 0 Å². The highest BCUT2D eigenvalue weighted by Crippen LogP contribution is 2.44. The second-order valence-corrected chi connectivity index (χ2v) is 8.85. The van der Waals surface area contributed by atoms with Crippen molar-refractivity contribution >= 4 is 17.3 Å². The number of hydrogen-bond acceptors (Lipinski definition) is 3. The van der Waals surface area contributed by atoms with Gasteiger partial charge in [0.25, 0.3) is 0 Å². The Morgan fingerprint density at radius 3 is 2.70 bits per heavy atom. The Kier molecular flexibility index (Phi) is 5.11. The first kappa shape index (κ1) is 19.4. The molecule has 3 aromatic heterocycles. The Morgan fingerprint density at radius 2 is 2.00 bits per heavy atom. The quantitative estimate of drug-likeness (QED) is 0.585. The first-order valence-corrected chi connectivity index (χ1v) is 11.2. The zero-order valence-corrected chi connectivity index (χ0v) is 18.4. The predicted octanol–water partition coefficient (Wildman–Crippen LogP) is 5.06. The molecule has 1 N–H and O–H groups in total. The van der Waals surface area contributed by atoms with E-state index < -0.39 is 0 Å². The van der Waals surface area contributed by atoms with Crippen molar-refractivity contribution in [3.8, 4) is 0 Å². The van der Waals surface area contributed by atoms with Gasteiger partial charge in [-0.25, -0.2) is 0 Å². The second kappa shape index (κ2) is 7.91. The third kappa shape index (κ3) is 3.33. The maximum atomic E-state index is 5.87. The average molecular weight is 421 g/mol. The number of aromatic nitrogens is 2. The SMILES string of the molecule is Cc1cc([C@@H]2[C@H](c3ccccn3)NC(=S)N2C2CCCC2)c(C)n1Cc1ccco1. The molecule has 2 fully saturated rings. The average Bonchev–Trinajstić information content (AvgIpc) is 3.54. The summed E-state index contributed by atoms with van der Waals surface area (Å²) in [4.78, 5) is 7.15. The largest absolute Gasteiger partial charge is 0.467 e. The Hall–Kier alpha value is -2.60. The van der Waals surface area contributed by atoms with Crippen LogP contribution >= 0.6 is 12.2 Å². The molecule has 0 spiro atoms. The Morgan fingerprint density at radius 1 is 1.17 bits per heavy atom. The summed E-state index contributed by atoms with van der Waals surface area (Å²) in [5.74, 6) is 0.970. The van der Waals surface area contributed by atoms with Crippen molar-refractivity contribution in [2.45, 2.75) is 64.2 Å². The van der Waals surface area contributed by atoms with Crippen LogP contribution in [0.4, 0.5) is 0 Å². The van der Waals surface area contributed by atoms with Crippen LogP contribution in [0.5, 0.6) is 0 Å². The topological polar surface area (TPSA) is 46.2 Å². The summed E-state index contributed by atoms with van der Waals surface area (Å²) in [6.45, 7) is 5.14. The number of nitrogens with one attached hydrogen (secondary N) is 1. The monoisotopic (exact) mass is 420 g/mol. The van der Waals surface area contributed by atoms with E-state index in [4.69, 9.17) is 16.6 Å². The summed E-state index contributed by atoms with van der Waals surface area (Å²) in [5.41, 5.74) is 4.88. The fraction of sp³-hybridized carbons (Fsp3) is 0.417. The van der Waals surface area contributed by atoms with Crippen molar-refractivity contribution in [1.82, 2.24) is 19.8 Å². The van der Waals surface area contributed by atoms with Gasteiger partial charge in [-0.3, -0.25) is 4.98 Å². The number of nitrogens with zero attached hydrogens (tertiary/aromatic N) is 3. The Bertz CT molecular complexity index is 1020. The highest BCUT2D eigenvalue weighted by atomic mass is 32.1. The third-order valence-electron chi connectivity index (χ3n) is 6.68. The summed E-state index contributed by atoms with van der Waals surface area (Å²) in [5, 5.41) is 4.47. The van der Waals surface area contributed by atoms with Gasteiger partial charge in [0.1, 0.15) is 5.76 Å². The Labute approximate surface area is 183 Å². The maximum absolute atomic E-state index is 5.87. The van der Waals surface area contributed by atoms with Crippen LogP contribution in [0.1, 0.15) is 66.2 Å². The molecule has 5 nitrogen and oxygen atoms in total. The molecule has 0 amide bonds. The van der Waals surface area contributed by atoms with Crippen LogP contribution in [0, 0.1) is 13.8 Å². The fourth-order valence-electron chi connectivity index (χ4n) is 5.20. The van der Waals surface area contributed by atoms with E-state index in [0.717, 1.165) is 23.1 Å². The van der Waals surface area contributed by atoms with Crippen molar-refractivity contribution in [1.29, 1.82) is 0 Å². The zero-order valence-electron chi connectivity index (χ0n) is 17.5. The minimum Gasteiger partial charge on any atom is -0.467 e. The first-order chi connectivity index (χ1) is 14.6. The minimum atomic E-state index is 0.0527. The molecule has 5 rings (SSSR count). The van der Waals surface area contributed by atoms with E-state index in [1.165, 1.54) is 42.6 Å². The number of hydrogen-bond donors (Lipinski definition) is 1. The van der Waals surface area contributed by atoms with E-state index in [1.54, 1.807) is 6.26 Å². The fourth-order valence-corrected chi connectivity index (χ4v) is 5.59. The maximum Gasteiger partial charge on any atom is 0.170 e. The lowest BCUT2D eigenvalue weighted by Crippen LogP contribution is -2.37. The van der Waals surface area contributed by atoms with Crippen molar-refractivity contribution in [3.63, 3.8) is 0 Å². The third-order valence-corrected chi connectivity index (χ3v) is 7.01. The Balaban J connectivity index is 1.58. The van der Waals surface area contributed by atoms with Gasteiger partial charge in [0.05, 0.1) is 30.6 Å². The smallest absolute Gasteiger partial charge is 0.170 e. The van der Waals surface area contributed by atoms with Crippen LogP contribution in [0.2, 0.25) is 0 Å². The van der Waals surface area contributed by atoms with Gasteiger partial charge < -0.3 is 19.2 Å². The first-order valence-electron chi connectivity index (χ1n) is 10.8. The van der Waals surface area contributed by atoms with Crippen LogP contribution in [0.15, 0.2) is 53.3 Å². The standard InChI is InChI=1S/C24H28N4OS/c1-16-14-20(17(2)27(16)15-19-10-7-13-29-19)23-22(21-11-5-6-12-25-21)26-24(30)28(23)18-8-3-4-9-18/h5-7,10-14,18,22-23H,3-4,8-9,15H2,1-2H3,(H,26,30)/t22-,23+/m0/s1. The second-order valence-electron chi connectivity index (χ2n) is 8.46. The van der Waals surface area contributed by atoms with Crippen LogP contribution < -0.4 is 5.32 Å². The molecule has 3 aromatic rings. The van der Waals surface area contributed by atoms with E-state index in [2.05, 4.69) is 51.8 Å². The number of furan rings is 1. The molecule has 0 unspecified atom stereocenters. The van der Waals surface area contributed by atoms with Gasteiger partial charge in [-0.2, -0.15) is 0 Å². The number of rotatable bonds is 5. The van der Waals surface area contributed by atoms with Crippen LogP contribution in [0.25, 0.3) is 0 Å². The normalized spacial score (nSPS) is 22.1. The molecule has 0 radical (unpaired) electrons. The molecule has 2 atom stereocenters. The van der Waals surface area contributed by atoms with E-state index in [9.17, 15) is 0 Å². The number of pyridine rings is 1. The van der Waals surface area contributed by atoms with E-state index >= 15 is 0 Å². The summed E-state index contributed by atoms with van der Waals surface area (Å²) >= 11 is 5.87. The van der Waals surface area contributed by atoms with Crippen LogP contribution in [-0.2, 0) is 6.54 Å². The summed E-state index contributed by atoms with van der Waals surface area (Å²) in [6, 6.07) is 13.1. The molecule has 6 heteroatoms. The highest BCUT2D eigenvalue weighted by molar-refractivity contribution is 7.80. The zero-order chi connectivity index (χ0) is 20.7. The van der Waals surface area contributed by atoms with Gasteiger partial charge in [0.2, 0.25) is 0 Å². The van der Waals surface area contributed by atoms with Crippen molar-refractivity contribution in [3.05, 3.63) is 77.3 Å². The molecular formula is C24H28N4OS. The van der Waals surface area contributed by atoms with Gasteiger partial charge in [-0.1, -0.05) is 18.9 Å². The lowest BCUT2D eigenvalue weighted by Gasteiger charge is -2.33. The predicted molar refractivity (Wildman–Crippen MR) is 121 cm³/mol. The molecule has 1 saturated heterocycles. The van der Waals surface area contributed by atoms with Gasteiger partial charge >= 0.3 is 0 Å². The lowest BCUT2D eigenvalue weighted by atomic mass is 9.95. The van der Waals surface area contributed by atoms with Crippen molar-refractivity contribution in [2.75, 3.05) is 0 Å². The van der Waals surface area contributed by atoms with E-state index in [1.807, 2.05) is 24.4 Å². The number of aryl methyl sites for hydroxylation is 1. The molecular weight excluding hydrogens is 392 g/mol. The molecule has 156 valence electrons. The van der Waals surface area contributed by atoms with Crippen molar-refractivity contribution in [2.24, 2.45) is 0 Å². The van der Waals surface area contributed by atoms with Crippen LogP contribution in [-0.4, -0.2) is 25.6 Å². The molecule has 1 saturated carbocycles. The van der Waals surface area contributed by atoms with E-state index in [0.29, 0.717) is 6.04 Å². The summed E-state index contributed by atoms with van der Waals surface area (Å²) in [7, 11) is 0. The van der Waals surface area contributed by atoms with Gasteiger partial charge in [0, 0.05) is 23.6 Å². The molecule has 4 heterocycles. The molecule has 1 aliphatic heterocycles. The van der Waals surface area contributed by atoms with E-state index in [-0.39, 0.29) is 12.1 Å². The molecule has 0 bridgehead atoms. The van der Waals surface area contributed by atoms with Crippen molar-refractivity contribution < 1.29 is 4.42 Å². The summed E-state index contributed by atoms with van der Waals surface area (Å²) in [6.07, 6.45) is 8.58. The lowest BCUT2D eigenvalue weighted by molar-refractivity contribution is 0.245. The molecule has 2 aliphatic rings. The van der Waals surface area contributed by atoms with Gasteiger partial charge in [0.15, 0.2) is 5.11 Å².